The van der Waals surface area contributed by atoms with E-state index >= 15 is 0 Å². The monoisotopic (exact) mass is 295 g/mol. The number of halogens is 1. The minimum atomic E-state index is 0.726. The molecule has 0 N–H and O–H groups in total. The van der Waals surface area contributed by atoms with Gasteiger partial charge >= 0.3 is 0 Å². The lowest BCUT2D eigenvalue weighted by Crippen LogP contribution is -1.84. The summed E-state index contributed by atoms with van der Waals surface area (Å²) in [6, 6.07) is 17.6. The maximum Gasteiger partial charge on any atom is 0.119 e. The van der Waals surface area contributed by atoms with E-state index in [1.54, 1.807) is 7.11 Å². The molecule has 0 radical (unpaired) electrons. The molecule has 0 saturated heterocycles. The molecule has 0 unspecified atom stereocenters. The Labute approximate surface area is 128 Å². The van der Waals surface area contributed by atoms with Gasteiger partial charge in [0.05, 0.1) is 18.3 Å². The minimum absolute atomic E-state index is 0.726. The number of methoxy groups -OCH3 is 1. The van der Waals surface area contributed by atoms with Crippen molar-refractivity contribution in [2.24, 2.45) is 0 Å². The summed E-state index contributed by atoms with van der Waals surface area (Å²) in [5.74, 6) is 0.846. The molecule has 104 valence electrons. The number of hydrogen-bond donors (Lipinski definition) is 0. The van der Waals surface area contributed by atoms with E-state index in [-0.39, 0.29) is 0 Å². The Kier molecular flexibility index (Phi) is 3.89. The lowest BCUT2D eigenvalue weighted by atomic mass is 10.1. The quantitative estimate of drug-likeness (QED) is 0.673. The third-order valence-electron chi connectivity index (χ3n) is 3.21. The van der Waals surface area contributed by atoms with Crippen molar-refractivity contribution in [2.75, 3.05) is 7.11 Å². The second-order valence-corrected chi connectivity index (χ2v) is 5.12. The Morgan fingerprint density at radius 2 is 1.90 bits per heavy atom. The second-order valence-electron chi connectivity index (χ2n) is 4.68. The van der Waals surface area contributed by atoms with Crippen molar-refractivity contribution in [3.8, 4) is 5.75 Å². The smallest absolute Gasteiger partial charge is 0.119 e. The van der Waals surface area contributed by atoms with Gasteiger partial charge in [0.15, 0.2) is 0 Å². The minimum Gasteiger partial charge on any atom is -0.497 e. The van der Waals surface area contributed by atoms with E-state index in [9.17, 15) is 0 Å². The van der Waals surface area contributed by atoms with Gasteiger partial charge in [-0.2, -0.15) is 0 Å². The molecular weight excluding hydrogens is 282 g/mol. The van der Waals surface area contributed by atoms with E-state index in [2.05, 4.69) is 4.98 Å². The van der Waals surface area contributed by atoms with Crippen LogP contribution in [0.3, 0.4) is 0 Å². The highest BCUT2D eigenvalue weighted by atomic mass is 35.5. The van der Waals surface area contributed by atoms with Crippen LogP contribution in [0.25, 0.3) is 23.1 Å². The highest BCUT2D eigenvalue weighted by Crippen LogP contribution is 2.19. The van der Waals surface area contributed by atoms with Gasteiger partial charge in [0.25, 0.3) is 0 Å². The van der Waals surface area contributed by atoms with Gasteiger partial charge in [-0.05, 0) is 48.0 Å². The summed E-state index contributed by atoms with van der Waals surface area (Å²) < 4.78 is 5.21. The van der Waals surface area contributed by atoms with E-state index < -0.39 is 0 Å². The van der Waals surface area contributed by atoms with Crippen LogP contribution in [0.4, 0.5) is 0 Å². The van der Waals surface area contributed by atoms with Crippen LogP contribution in [0.2, 0.25) is 5.02 Å². The van der Waals surface area contributed by atoms with Gasteiger partial charge in [0.2, 0.25) is 0 Å². The molecule has 3 rings (SSSR count). The summed E-state index contributed by atoms with van der Waals surface area (Å²) in [6.45, 7) is 0. The summed E-state index contributed by atoms with van der Waals surface area (Å²) in [5.41, 5.74) is 2.92. The van der Waals surface area contributed by atoms with E-state index in [4.69, 9.17) is 16.3 Å². The molecule has 0 atom stereocenters. The zero-order valence-electron chi connectivity index (χ0n) is 11.6. The van der Waals surface area contributed by atoms with Crippen molar-refractivity contribution < 1.29 is 4.74 Å². The maximum atomic E-state index is 5.97. The first-order chi connectivity index (χ1) is 10.2. The molecule has 0 aliphatic carbocycles. The molecule has 2 aromatic carbocycles. The van der Waals surface area contributed by atoms with Crippen molar-refractivity contribution >= 4 is 34.7 Å². The summed E-state index contributed by atoms with van der Waals surface area (Å²) >= 11 is 5.97. The van der Waals surface area contributed by atoms with Crippen molar-refractivity contribution in [1.29, 1.82) is 0 Å². The Hall–Kier alpha value is -2.32. The number of ether oxygens (including phenoxy) is 1. The SMILES string of the molecule is COc1cccc(/C=C/c2ccc3cc(Cl)ccc3n2)c1. The van der Waals surface area contributed by atoms with Crippen LogP contribution in [0.15, 0.2) is 54.6 Å². The number of fused-ring (bicyclic) bond motifs is 1. The molecule has 1 aromatic heterocycles. The van der Waals surface area contributed by atoms with Crippen LogP contribution >= 0.6 is 11.6 Å². The lowest BCUT2D eigenvalue weighted by molar-refractivity contribution is 0.414. The Bertz CT molecular complexity index is 811. The number of pyridine rings is 1. The lowest BCUT2D eigenvalue weighted by Gasteiger charge is -2.01. The second kappa shape index (κ2) is 5.98. The normalized spacial score (nSPS) is 11.1. The van der Waals surface area contributed by atoms with Gasteiger partial charge in [-0.1, -0.05) is 35.9 Å². The van der Waals surface area contributed by atoms with Gasteiger partial charge in [-0.15, -0.1) is 0 Å². The van der Waals surface area contributed by atoms with E-state index in [0.29, 0.717) is 0 Å². The molecule has 2 nitrogen and oxygen atoms in total. The fourth-order valence-corrected chi connectivity index (χ4v) is 2.31. The van der Waals surface area contributed by atoms with Crippen molar-refractivity contribution in [1.82, 2.24) is 4.98 Å². The van der Waals surface area contributed by atoms with Gasteiger partial charge in [0.1, 0.15) is 5.75 Å². The molecule has 0 bridgehead atoms. The number of aromatic nitrogens is 1. The van der Waals surface area contributed by atoms with Crippen LogP contribution in [0.1, 0.15) is 11.3 Å². The molecule has 3 aromatic rings. The maximum absolute atomic E-state index is 5.97. The highest BCUT2D eigenvalue weighted by Gasteiger charge is 1.97. The van der Waals surface area contributed by atoms with Crippen molar-refractivity contribution in [3.63, 3.8) is 0 Å². The number of rotatable bonds is 3. The molecule has 21 heavy (non-hydrogen) atoms. The molecule has 0 spiro atoms. The molecule has 0 aliphatic heterocycles. The van der Waals surface area contributed by atoms with E-state index in [1.165, 1.54) is 0 Å². The summed E-state index contributed by atoms with van der Waals surface area (Å²) in [5, 5.41) is 1.77. The zero-order valence-corrected chi connectivity index (χ0v) is 12.3. The Balaban J connectivity index is 1.90. The Morgan fingerprint density at radius 1 is 1.00 bits per heavy atom. The summed E-state index contributed by atoms with van der Waals surface area (Å²) in [6.07, 6.45) is 4.01. The van der Waals surface area contributed by atoms with Crippen LogP contribution in [0.5, 0.6) is 5.75 Å². The topological polar surface area (TPSA) is 22.1 Å². The first kappa shape index (κ1) is 13.7. The number of benzene rings is 2. The fraction of sp³-hybridized carbons (Fsp3) is 0.0556. The highest BCUT2D eigenvalue weighted by molar-refractivity contribution is 6.31. The van der Waals surface area contributed by atoms with Crippen molar-refractivity contribution in [3.05, 3.63) is 70.9 Å². The van der Waals surface area contributed by atoms with Crippen molar-refractivity contribution in [2.45, 2.75) is 0 Å². The molecule has 0 fully saturated rings. The number of hydrogen-bond acceptors (Lipinski definition) is 2. The molecule has 3 heteroatoms. The molecule has 0 saturated carbocycles. The van der Waals surface area contributed by atoms with Crippen LogP contribution < -0.4 is 4.74 Å². The standard InChI is InChI=1S/C18H14ClNO/c1-21-17-4-2-3-13(11-17)5-8-16-9-6-14-12-15(19)7-10-18(14)20-16/h2-12H,1H3/b8-5+. The largest absolute Gasteiger partial charge is 0.497 e. The summed E-state index contributed by atoms with van der Waals surface area (Å²) in [7, 11) is 1.67. The zero-order chi connectivity index (χ0) is 14.7. The van der Waals surface area contributed by atoms with Gasteiger partial charge in [-0.25, -0.2) is 4.98 Å². The third kappa shape index (κ3) is 3.23. The first-order valence-electron chi connectivity index (χ1n) is 6.63. The fourth-order valence-electron chi connectivity index (χ4n) is 2.13. The van der Waals surface area contributed by atoms with Gasteiger partial charge in [-0.3, -0.25) is 0 Å². The molecule has 0 aliphatic rings. The molecular formula is C18H14ClNO. The van der Waals surface area contributed by atoms with Gasteiger partial charge < -0.3 is 4.74 Å². The van der Waals surface area contributed by atoms with Crippen LogP contribution in [-0.2, 0) is 0 Å². The van der Waals surface area contributed by atoms with Gasteiger partial charge in [0, 0.05) is 10.4 Å². The third-order valence-corrected chi connectivity index (χ3v) is 3.45. The molecule has 0 amide bonds. The average molecular weight is 296 g/mol. The average Bonchev–Trinajstić information content (AvgIpc) is 2.53. The van der Waals surface area contributed by atoms with Crippen LogP contribution in [0, 0.1) is 0 Å². The molecule has 1 heterocycles. The predicted octanol–water partition coefficient (Wildman–Crippen LogP) is 5.07. The predicted molar refractivity (Wildman–Crippen MR) is 88.7 cm³/mol. The van der Waals surface area contributed by atoms with E-state index in [1.807, 2.05) is 66.7 Å². The summed E-state index contributed by atoms with van der Waals surface area (Å²) in [4.78, 5) is 4.60. The van der Waals surface area contributed by atoms with E-state index in [0.717, 1.165) is 32.9 Å². The van der Waals surface area contributed by atoms with Crippen LogP contribution in [-0.4, -0.2) is 12.1 Å². The first-order valence-corrected chi connectivity index (χ1v) is 7.01. The Morgan fingerprint density at radius 3 is 2.76 bits per heavy atom. The number of nitrogens with zero attached hydrogens (tertiary/aromatic N) is 1.